The number of aryl methyl sites for hydroxylation is 1. The summed E-state index contributed by atoms with van der Waals surface area (Å²) in [4.78, 5) is 44.5. The molecule has 9 nitrogen and oxygen atoms in total. The lowest BCUT2D eigenvalue weighted by atomic mass is 10.0. The number of nitrogens with zero attached hydrogens (tertiary/aromatic N) is 4. The number of fused-ring (bicyclic) bond motifs is 1. The molecule has 42 heavy (non-hydrogen) atoms. The Labute approximate surface area is 241 Å². The van der Waals surface area contributed by atoms with Gasteiger partial charge < -0.3 is 10.6 Å². The van der Waals surface area contributed by atoms with Crippen LogP contribution in [0.5, 0.6) is 0 Å². The Morgan fingerprint density at radius 3 is 2.43 bits per heavy atom. The van der Waals surface area contributed by atoms with Gasteiger partial charge in [0.2, 0.25) is 17.6 Å². The lowest BCUT2D eigenvalue weighted by Crippen LogP contribution is -2.23. The number of carbonyl (C=O) groups excluding carboxylic acids is 2. The number of aromatic nitrogens is 4. The van der Waals surface area contributed by atoms with Gasteiger partial charge in [0.05, 0.1) is 21.7 Å². The van der Waals surface area contributed by atoms with E-state index >= 15 is 0 Å². The summed E-state index contributed by atoms with van der Waals surface area (Å²) in [7, 11) is 0. The van der Waals surface area contributed by atoms with Crippen LogP contribution in [-0.2, 0) is 28.7 Å². The van der Waals surface area contributed by atoms with E-state index < -0.39 is 29.1 Å². The van der Waals surface area contributed by atoms with Gasteiger partial charge in [0, 0.05) is 16.9 Å². The van der Waals surface area contributed by atoms with Crippen LogP contribution in [0.15, 0.2) is 83.5 Å². The minimum absolute atomic E-state index is 0.110. The first-order chi connectivity index (χ1) is 20.1. The van der Waals surface area contributed by atoms with Crippen molar-refractivity contribution in [2.75, 3.05) is 10.6 Å². The molecular weight excluding hydrogens is 569 g/mol. The van der Waals surface area contributed by atoms with Crippen LogP contribution in [0, 0.1) is 0 Å². The second-order valence-corrected chi connectivity index (χ2v) is 10.0. The number of benzene rings is 2. The van der Waals surface area contributed by atoms with E-state index in [1.54, 1.807) is 36.4 Å². The minimum Gasteiger partial charge on any atom is -0.325 e. The first kappa shape index (κ1) is 28.5. The summed E-state index contributed by atoms with van der Waals surface area (Å²) in [5, 5.41) is 11.7. The number of alkyl halides is 3. The van der Waals surface area contributed by atoms with Crippen molar-refractivity contribution in [2.24, 2.45) is 0 Å². The molecule has 5 aromatic rings. The van der Waals surface area contributed by atoms with E-state index in [1.807, 2.05) is 12.3 Å². The summed E-state index contributed by atoms with van der Waals surface area (Å²) in [6, 6.07) is 14.5. The molecule has 0 radical (unpaired) electrons. The highest BCUT2D eigenvalue weighted by Gasteiger charge is 2.30. The highest BCUT2D eigenvalue weighted by atomic mass is 32.1. The molecule has 3 heterocycles. The number of para-hydroxylation sites is 1. The van der Waals surface area contributed by atoms with Crippen molar-refractivity contribution in [1.29, 1.82) is 0 Å². The molecular formula is C29H23F3N6O3S. The van der Waals surface area contributed by atoms with Crippen molar-refractivity contribution >= 4 is 40.3 Å². The van der Waals surface area contributed by atoms with Crippen LogP contribution in [0.4, 0.5) is 24.5 Å². The summed E-state index contributed by atoms with van der Waals surface area (Å²) in [5.74, 6) is -0.580. The van der Waals surface area contributed by atoms with E-state index in [9.17, 15) is 27.6 Å². The molecule has 0 aliphatic rings. The van der Waals surface area contributed by atoms with Crippen LogP contribution in [0.1, 0.15) is 18.2 Å². The number of hydrogen-bond acceptors (Lipinski definition) is 6. The first-order valence-electron chi connectivity index (χ1n) is 12.7. The molecule has 0 unspecified atom stereocenters. The van der Waals surface area contributed by atoms with Gasteiger partial charge in [-0.05, 0) is 54.3 Å². The van der Waals surface area contributed by atoms with E-state index in [0.29, 0.717) is 34.1 Å². The third kappa shape index (κ3) is 5.59. The van der Waals surface area contributed by atoms with E-state index in [-0.39, 0.29) is 23.6 Å². The van der Waals surface area contributed by atoms with Crippen LogP contribution in [0.2, 0.25) is 0 Å². The summed E-state index contributed by atoms with van der Waals surface area (Å²) < 4.78 is 41.4. The smallest absolute Gasteiger partial charge is 0.325 e. The molecule has 2 amide bonds. The zero-order valence-corrected chi connectivity index (χ0v) is 22.9. The Bertz CT molecular complexity index is 1860. The largest absolute Gasteiger partial charge is 0.416 e. The predicted octanol–water partition coefficient (Wildman–Crippen LogP) is 5.63. The average molecular weight is 593 g/mol. The quantitative estimate of drug-likeness (QED) is 0.227. The van der Waals surface area contributed by atoms with Crippen LogP contribution in [0.25, 0.3) is 27.6 Å². The normalized spacial score (nSPS) is 11.4. The maximum absolute atomic E-state index is 14.0. The van der Waals surface area contributed by atoms with E-state index in [1.165, 1.54) is 28.0 Å². The van der Waals surface area contributed by atoms with E-state index in [4.69, 9.17) is 4.98 Å². The Kier molecular flexibility index (Phi) is 7.77. The topological polar surface area (TPSA) is 110 Å². The number of rotatable bonds is 8. The van der Waals surface area contributed by atoms with Crippen LogP contribution in [0.3, 0.4) is 0 Å². The summed E-state index contributed by atoms with van der Waals surface area (Å²) in [5.41, 5.74) is 0.340. The van der Waals surface area contributed by atoms with Gasteiger partial charge in [-0.3, -0.25) is 19.0 Å². The molecule has 0 atom stereocenters. The highest BCUT2D eigenvalue weighted by Crippen LogP contribution is 2.31. The molecule has 2 N–H and O–H groups in total. The van der Waals surface area contributed by atoms with Gasteiger partial charge in [-0.25, -0.2) is 4.98 Å². The Morgan fingerprint density at radius 2 is 1.79 bits per heavy atom. The highest BCUT2D eigenvalue weighted by molar-refractivity contribution is 7.13. The van der Waals surface area contributed by atoms with Gasteiger partial charge >= 0.3 is 6.18 Å². The lowest BCUT2D eigenvalue weighted by Gasteiger charge is -2.13. The van der Waals surface area contributed by atoms with Gasteiger partial charge in [-0.15, -0.1) is 16.4 Å². The maximum atomic E-state index is 14.0. The fourth-order valence-corrected chi connectivity index (χ4v) is 5.11. The van der Waals surface area contributed by atoms with Gasteiger partial charge in [0.25, 0.3) is 5.56 Å². The van der Waals surface area contributed by atoms with E-state index in [0.717, 1.165) is 22.7 Å². The number of amides is 2. The molecule has 5 rings (SSSR count). The van der Waals surface area contributed by atoms with Gasteiger partial charge in [-0.1, -0.05) is 37.8 Å². The molecule has 0 saturated carbocycles. The zero-order valence-electron chi connectivity index (χ0n) is 22.1. The molecule has 2 aromatic carbocycles. The monoisotopic (exact) mass is 592 g/mol. The number of nitrogens with one attached hydrogen (secondary N) is 2. The second-order valence-electron chi connectivity index (χ2n) is 9.05. The third-order valence-corrected chi connectivity index (χ3v) is 7.19. The average Bonchev–Trinajstić information content (AvgIpc) is 3.62. The fourth-order valence-electron chi connectivity index (χ4n) is 4.39. The first-order valence-corrected chi connectivity index (χ1v) is 13.5. The van der Waals surface area contributed by atoms with Gasteiger partial charge in [0.1, 0.15) is 6.54 Å². The van der Waals surface area contributed by atoms with Crippen molar-refractivity contribution < 1.29 is 22.8 Å². The van der Waals surface area contributed by atoms with E-state index in [2.05, 4.69) is 22.3 Å². The second kappa shape index (κ2) is 11.4. The standard InChI is InChI=1S/C29H23F3N6O3S/c1-3-20-25(19-8-5-6-9-21(19)34-23(39)4-2)27(41)38-28(35-20)37(26(36-38)22-10-7-15-42-22)16-24(40)33-18-13-11-17(12-14-18)29(30,31)32/h4-15H,2-3,16H2,1H3,(H,33,40)(H,34,39). The molecule has 0 saturated heterocycles. The number of hydrogen-bond donors (Lipinski definition) is 2. The fraction of sp³-hybridized carbons (Fsp3) is 0.138. The number of carbonyl (C=O) groups is 2. The molecule has 0 spiro atoms. The molecule has 0 aliphatic carbocycles. The van der Waals surface area contributed by atoms with Crippen molar-refractivity contribution in [3.05, 3.63) is 100 Å². The van der Waals surface area contributed by atoms with Crippen molar-refractivity contribution in [1.82, 2.24) is 19.2 Å². The number of thiophene rings is 1. The van der Waals surface area contributed by atoms with Crippen LogP contribution < -0.4 is 16.2 Å². The maximum Gasteiger partial charge on any atom is 0.416 e. The molecule has 0 fully saturated rings. The van der Waals surface area contributed by atoms with Gasteiger partial charge in [0.15, 0.2) is 5.82 Å². The lowest BCUT2D eigenvalue weighted by molar-refractivity contribution is -0.137. The molecule has 13 heteroatoms. The van der Waals surface area contributed by atoms with Crippen molar-refractivity contribution in [3.8, 4) is 21.8 Å². The molecule has 0 bridgehead atoms. The Morgan fingerprint density at radius 1 is 1.05 bits per heavy atom. The summed E-state index contributed by atoms with van der Waals surface area (Å²) in [6.07, 6.45) is -3.03. The molecule has 214 valence electrons. The molecule has 0 aliphatic heterocycles. The number of anilines is 2. The summed E-state index contributed by atoms with van der Waals surface area (Å²) in [6.45, 7) is 4.98. The van der Waals surface area contributed by atoms with Crippen molar-refractivity contribution in [3.63, 3.8) is 0 Å². The SMILES string of the molecule is C=CC(=O)Nc1ccccc1-c1c(CC)nc2n(CC(=O)Nc3ccc(C(F)(F)F)cc3)c(-c3cccs3)nn2c1=O. The van der Waals surface area contributed by atoms with Crippen LogP contribution >= 0.6 is 11.3 Å². The van der Waals surface area contributed by atoms with Gasteiger partial charge in [-0.2, -0.15) is 17.7 Å². The Hall–Kier alpha value is -5.04. The zero-order chi connectivity index (χ0) is 30.0. The predicted molar refractivity (Wildman–Crippen MR) is 154 cm³/mol. The third-order valence-electron chi connectivity index (χ3n) is 6.32. The Balaban J connectivity index is 1.60. The minimum atomic E-state index is -4.50. The van der Waals surface area contributed by atoms with Crippen molar-refractivity contribution in [2.45, 2.75) is 26.1 Å². The van der Waals surface area contributed by atoms with Crippen LogP contribution in [-0.4, -0.2) is 31.0 Å². The summed E-state index contributed by atoms with van der Waals surface area (Å²) >= 11 is 1.35. The number of halogens is 3. The molecule has 3 aromatic heterocycles.